The van der Waals surface area contributed by atoms with Crippen LogP contribution in [0, 0.1) is 0 Å². The molecule has 0 spiro atoms. The predicted octanol–water partition coefficient (Wildman–Crippen LogP) is -5.66. The van der Waals surface area contributed by atoms with Crippen LogP contribution in [0.4, 0.5) is 0 Å². The highest BCUT2D eigenvalue weighted by Gasteiger charge is 2.25. The number of carbonyl (C=O) groups is 2. The van der Waals surface area contributed by atoms with E-state index in [1.54, 1.807) is 0 Å². The third-order valence-corrected chi connectivity index (χ3v) is 3.60. The number of H-pyrrole nitrogens is 6. The molecule has 30 heavy (non-hydrogen) atoms. The Bertz CT molecular complexity index is 1580. The highest BCUT2D eigenvalue weighted by atomic mass is 16.8. The fourth-order valence-corrected chi connectivity index (χ4v) is 2.38. The first kappa shape index (κ1) is 18.2. The van der Waals surface area contributed by atoms with Crippen LogP contribution in [0.3, 0.4) is 0 Å². The first-order valence-electron chi connectivity index (χ1n) is 7.55. The Kier molecular flexibility index (Phi) is 3.76. The molecule has 0 aliphatic carbocycles. The molecule has 154 valence electrons. The second-order valence-electron chi connectivity index (χ2n) is 5.48. The molecule has 4 heterocycles. The number of hydrogen-bond acceptors (Lipinski definition) is 10. The normalized spacial score (nSPS) is 11.1. The summed E-state index contributed by atoms with van der Waals surface area (Å²) in [5, 5.41) is 0. The van der Waals surface area contributed by atoms with Gasteiger partial charge in [-0.15, -0.1) is 0 Å². The Hall–Kier alpha value is -5.16. The minimum atomic E-state index is -1.98. The molecule has 6 N–H and O–H groups in total. The lowest BCUT2D eigenvalue weighted by molar-refractivity contribution is -0.169. The van der Waals surface area contributed by atoms with Gasteiger partial charge in [0.2, 0.25) is 0 Å². The Morgan fingerprint density at radius 3 is 1.30 bits per heavy atom. The Balaban J connectivity index is 1.67. The minimum Gasteiger partial charge on any atom is -0.317 e. The molecule has 18 nitrogen and oxygen atoms in total. The number of rotatable bonds is 2. The number of imidazole rings is 2. The predicted molar refractivity (Wildman–Crippen MR) is 90.8 cm³/mol. The van der Waals surface area contributed by atoms with Crippen molar-refractivity contribution in [1.29, 1.82) is 0 Å². The van der Waals surface area contributed by atoms with Crippen LogP contribution < -0.4 is 43.6 Å². The lowest BCUT2D eigenvalue weighted by Crippen LogP contribution is -2.48. The topological polar surface area (TPSA) is 260 Å². The van der Waals surface area contributed by atoms with Crippen LogP contribution in [-0.4, -0.2) is 51.3 Å². The maximum absolute atomic E-state index is 12.1. The average molecular weight is 422 g/mol. The summed E-state index contributed by atoms with van der Waals surface area (Å²) in [5.41, 5.74) is -8.55. The van der Waals surface area contributed by atoms with Gasteiger partial charge in [-0.2, -0.15) is 0 Å². The summed E-state index contributed by atoms with van der Waals surface area (Å²) in [6.07, 6.45) is 0. The van der Waals surface area contributed by atoms with Crippen molar-refractivity contribution in [2.24, 2.45) is 0 Å². The lowest BCUT2D eigenvalue weighted by atomic mass is 10.5. The van der Waals surface area contributed by atoms with Gasteiger partial charge in [0.15, 0.2) is 11.0 Å². The smallest absolute Gasteiger partial charge is 0.317 e. The second kappa shape index (κ2) is 6.19. The van der Waals surface area contributed by atoms with Gasteiger partial charge >= 0.3 is 45.8 Å². The summed E-state index contributed by atoms with van der Waals surface area (Å²) in [5.74, 6) is -3.96. The van der Waals surface area contributed by atoms with Crippen molar-refractivity contribution >= 4 is 34.3 Å². The van der Waals surface area contributed by atoms with Crippen LogP contribution in [0.2, 0.25) is 0 Å². The Morgan fingerprint density at radius 2 is 0.933 bits per heavy atom. The molecule has 0 amide bonds. The first-order chi connectivity index (χ1) is 14.2. The molecule has 0 unspecified atom stereocenters. The zero-order chi connectivity index (χ0) is 21.7. The van der Waals surface area contributed by atoms with E-state index >= 15 is 0 Å². The van der Waals surface area contributed by atoms with Gasteiger partial charge in [-0.05, 0) is 0 Å². The number of nitrogens with zero attached hydrogens (tertiary/aromatic N) is 2. The maximum Gasteiger partial charge on any atom is 0.444 e. The maximum atomic E-state index is 12.1. The van der Waals surface area contributed by atoms with Gasteiger partial charge in [0.05, 0.1) is 0 Å². The molecule has 0 saturated carbocycles. The van der Waals surface area contributed by atoms with Crippen LogP contribution in [-0.2, 0) is 9.59 Å². The number of aromatic amines is 6. The molecule has 0 aliphatic rings. The first-order valence-corrected chi connectivity index (χ1v) is 7.55. The summed E-state index contributed by atoms with van der Waals surface area (Å²) in [7, 11) is 0. The molecule has 0 saturated heterocycles. The monoisotopic (exact) mass is 422 g/mol. The molecule has 0 radical (unpaired) electrons. The van der Waals surface area contributed by atoms with Gasteiger partial charge in [-0.3, -0.25) is 39.5 Å². The summed E-state index contributed by atoms with van der Waals surface area (Å²) >= 11 is 0. The number of carbonyl (C=O) groups excluding carboxylic acids is 2. The number of hydrogen-bond donors (Lipinski definition) is 6. The summed E-state index contributed by atoms with van der Waals surface area (Å²) in [4.78, 5) is 115. The highest BCUT2D eigenvalue weighted by molar-refractivity contribution is 6.29. The molecule has 0 aromatic carbocycles. The number of fused-ring (bicyclic) bond motifs is 2. The zero-order valence-corrected chi connectivity index (χ0v) is 14.0. The van der Waals surface area contributed by atoms with Crippen LogP contribution in [0.1, 0.15) is 0 Å². The van der Waals surface area contributed by atoms with E-state index in [0.717, 1.165) is 0 Å². The Labute approximate surface area is 156 Å². The van der Waals surface area contributed by atoms with E-state index in [1.807, 2.05) is 19.9 Å². The van der Waals surface area contributed by atoms with Crippen molar-refractivity contribution in [2.75, 3.05) is 0 Å². The lowest BCUT2D eigenvalue weighted by Gasteiger charge is -2.05. The molecular formula is C12H6N8O10. The van der Waals surface area contributed by atoms with Gasteiger partial charge in [-0.25, -0.2) is 28.8 Å². The van der Waals surface area contributed by atoms with E-state index in [2.05, 4.69) is 19.6 Å². The molecular weight excluding hydrogens is 416 g/mol. The molecule has 4 aromatic heterocycles. The molecule has 4 aromatic rings. The fourth-order valence-electron chi connectivity index (χ4n) is 2.38. The number of nitrogens with one attached hydrogen (secondary N) is 6. The largest absolute Gasteiger partial charge is 0.444 e. The third kappa shape index (κ3) is 2.76. The summed E-state index contributed by atoms with van der Waals surface area (Å²) in [6, 6.07) is 0. The van der Waals surface area contributed by atoms with E-state index in [1.165, 1.54) is 0 Å². The van der Waals surface area contributed by atoms with Crippen molar-refractivity contribution in [1.82, 2.24) is 39.4 Å². The van der Waals surface area contributed by atoms with Crippen LogP contribution >= 0.6 is 0 Å². The highest BCUT2D eigenvalue weighted by Crippen LogP contribution is 1.92. The van der Waals surface area contributed by atoms with E-state index in [9.17, 15) is 38.4 Å². The molecule has 0 bridgehead atoms. The van der Waals surface area contributed by atoms with Crippen LogP contribution in [0.5, 0.6) is 0 Å². The molecule has 4 rings (SSSR count). The minimum absolute atomic E-state index is 0.199. The van der Waals surface area contributed by atoms with Crippen LogP contribution in [0.15, 0.2) is 28.8 Å². The quantitative estimate of drug-likeness (QED) is 0.167. The fraction of sp³-hybridized carbons (Fsp3) is 0. The molecule has 0 atom stereocenters. The van der Waals surface area contributed by atoms with Crippen molar-refractivity contribution in [3.8, 4) is 0 Å². The van der Waals surface area contributed by atoms with E-state index < -0.39 is 56.8 Å². The van der Waals surface area contributed by atoms with Gasteiger partial charge in [0, 0.05) is 0 Å². The van der Waals surface area contributed by atoms with E-state index in [0.29, 0.717) is 0 Å². The summed E-state index contributed by atoms with van der Waals surface area (Å²) < 4.78 is -0.398. The van der Waals surface area contributed by atoms with Crippen molar-refractivity contribution < 1.29 is 19.3 Å². The van der Waals surface area contributed by atoms with E-state index in [-0.39, 0.29) is 20.8 Å². The molecule has 0 aliphatic heterocycles. The molecule has 18 heteroatoms. The second-order valence-corrected chi connectivity index (χ2v) is 5.48. The SMILES string of the molecule is O=C(On1c(=O)[nH]c2[nH]c(=O)[nH]c2c1=O)C(=O)On1c(=O)[nH]c2[nH]c(=O)[nH]c2c1=O. The van der Waals surface area contributed by atoms with Gasteiger partial charge in [0.25, 0.3) is 0 Å². The summed E-state index contributed by atoms with van der Waals surface area (Å²) in [6.45, 7) is 0. The number of aromatic nitrogens is 8. The van der Waals surface area contributed by atoms with Gasteiger partial charge in [-0.1, -0.05) is 9.46 Å². The van der Waals surface area contributed by atoms with E-state index in [4.69, 9.17) is 0 Å². The Morgan fingerprint density at radius 1 is 0.567 bits per heavy atom. The zero-order valence-electron chi connectivity index (χ0n) is 14.0. The van der Waals surface area contributed by atoms with Gasteiger partial charge in [0.1, 0.15) is 11.3 Å². The average Bonchev–Trinajstić information content (AvgIpc) is 3.23. The molecule has 0 fully saturated rings. The van der Waals surface area contributed by atoms with Gasteiger partial charge < -0.3 is 9.68 Å². The van der Waals surface area contributed by atoms with Crippen molar-refractivity contribution in [2.45, 2.75) is 0 Å². The third-order valence-electron chi connectivity index (χ3n) is 3.60. The van der Waals surface area contributed by atoms with Crippen molar-refractivity contribution in [3.63, 3.8) is 0 Å². The van der Waals surface area contributed by atoms with Crippen molar-refractivity contribution in [3.05, 3.63) is 62.6 Å². The standard InChI is InChI=1S/C12H6N8O10/c21-5-1-3(15-9(25)13-1)17-11(27)19(5)29-7(23)8(24)30-20-6(22)2-4(18-12(20)28)16-10(26)14-2/h(H,17,27)(H,18,28)(H2,13,15,25)(H2,14,16,26). The van der Waals surface area contributed by atoms with Crippen LogP contribution in [0.25, 0.3) is 22.3 Å².